The Balaban J connectivity index is 2.74. The first-order valence-corrected chi connectivity index (χ1v) is 6.29. The zero-order valence-electron chi connectivity index (χ0n) is 9.82. The SMILES string of the molecule is COC(=O)[C@H](NC(=O)c1ccc(Cl)s1)C(C)C. The molecule has 4 nitrogen and oxygen atoms in total. The van der Waals surface area contributed by atoms with Crippen molar-refractivity contribution in [1.82, 2.24) is 5.32 Å². The van der Waals surface area contributed by atoms with Crippen LogP contribution in [0.2, 0.25) is 4.34 Å². The van der Waals surface area contributed by atoms with Crippen LogP contribution in [0.4, 0.5) is 0 Å². The minimum Gasteiger partial charge on any atom is -0.467 e. The topological polar surface area (TPSA) is 55.4 Å². The summed E-state index contributed by atoms with van der Waals surface area (Å²) in [5, 5.41) is 2.64. The Kier molecular flexibility index (Phi) is 4.96. The maximum atomic E-state index is 11.8. The second kappa shape index (κ2) is 6.02. The van der Waals surface area contributed by atoms with Gasteiger partial charge in [0.2, 0.25) is 0 Å². The van der Waals surface area contributed by atoms with Gasteiger partial charge in [0.1, 0.15) is 6.04 Å². The lowest BCUT2D eigenvalue weighted by Crippen LogP contribution is -2.44. The lowest BCUT2D eigenvalue weighted by atomic mass is 10.0. The van der Waals surface area contributed by atoms with Gasteiger partial charge in [0.25, 0.3) is 5.91 Å². The van der Waals surface area contributed by atoms with Crippen molar-refractivity contribution in [2.75, 3.05) is 7.11 Å². The van der Waals surface area contributed by atoms with Crippen molar-refractivity contribution in [3.8, 4) is 0 Å². The first-order chi connectivity index (χ1) is 7.95. The molecule has 0 spiro atoms. The monoisotopic (exact) mass is 275 g/mol. The molecule has 1 aromatic heterocycles. The van der Waals surface area contributed by atoms with Gasteiger partial charge in [0.05, 0.1) is 16.3 Å². The first-order valence-electron chi connectivity index (χ1n) is 5.09. The van der Waals surface area contributed by atoms with Crippen LogP contribution < -0.4 is 5.32 Å². The van der Waals surface area contributed by atoms with E-state index in [-0.39, 0.29) is 11.8 Å². The first kappa shape index (κ1) is 14.0. The van der Waals surface area contributed by atoms with Crippen LogP contribution in [0.5, 0.6) is 0 Å². The minimum atomic E-state index is -0.645. The number of hydrogen-bond acceptors (Lipinski definition) is 4. The summed E-state index contributed by atoms with van der Waals surface area (Å²) in [5.74, 6) is -0.802. The summed E-state index contributed by atoms with van der Waals surface area (Å²) < 4.78 is 5.18. The Morgan fingerprint density at radius 3 is 2.47 bits per heavy atom. The van der Waals surface area contributed by atoms with Gasteiger partial charge in [0.15, 0.2) is 0 Å². The number of ether oxygens (including phenoxy) is 1. The molecule has 0 aromatic carbocycles. The number of carbonyl (C=O) groups excluding carboxylic acids is 2. The molecule has 1 atom stereocenters. The van der Waals surface area contributed by atoms with Crippen LogP contribution in [-0.4, -0.2) is 25.0 Å². The molecular formula is C11H14ClNO3S. The third kappa shape index (κ3) is 3.71. The van der Waals surface area contributed by atoms with E-state index in [0.717, 1.165) is 0 Å². The van der Waals surface area contributed by atoms with Gasteiger partial charge in [-0.15, -0.1) is 11.3 Å². The van der Waals surface area contributed by atoms with E-state index < -0.39 is 12.0 Å². The third-order valence-corrected chi connectivity index (χ3v) is 3.44. The van der Waals surface area contributed by atoms with Crippen LogP contribution in [-0.2, 0) is 9.53 Å². The largest absolute Gasteiger partial charge is 0.467 e. The Morgan fingerprint density at radius 1 is 1.41 bits per heavy atom. The molecule has 0 aliphatic rings. The number of esters is 1. The lowest BCUT2D eigenvalue weighted by molar-refractivity contribution is -0.144. The second-order valence-electron chi connectivity index (χ2n) is 3.82. The zero-order chi connectivity index (χ0) is 13.0. The summed E-state index contributed by atoms with van der Waals surface area (Å²) >= 11 is 6.91. The number of thiophene rings is 1. The molecule has 1 N–H and O–H groups in total. The Hall–Kier alpha value is -1.07. The number of carbonyl (C=O) groups is 2. The molecule has 0 unspecified atom stereocenters. The summed E-state index contributed by atoms with van der Waals surface area (Å²) in [7, 11) is 1.30. The molecule has 1 aromatic rings. The third-order valence-electron chi connectivity index (χ3n) is 2.21. The fraction of sp³-hybridized carbons (Fsp3) is 0.455. The van der Waals surface area contributed by atoms with Crippen molar-refractivity contribution < 1.29 is 14.3 Å². The molecule has 17 heavy (non-hydrogen) atoms. The van der Waals surface area contributed by atoms with Crippen LogP contribution in [0.1, 0.15) is 23.5 Å². The Labute approximate surface area is 109 Å². The summed E-state index contributed by atoms with van der Waals surface area (Å²) in [6.07, 6.45) is 0. The number of nitrogens with one attached hydrogen (secondary N) is 1. The molecule has 94 valence electrons. The highest BCUT2D eigenvalue weighted by atomic mass is 35.5. The average Bonchev–Trinajstić information content (AvgIpc) is 2.71. The smallest absolute Gasteiger partial charge is 0.328 e. The maximum absolute atomic E-state index is 11.8. The lowest BCUT2D eigenvalue weighted by Gasteiger charge is -2.19. The minimum absolute atomic E-state index is 0.0400. The summed E-state index contributed by atoms with van der Waals surface area (Å²) in [5.41, 5.74) is 0. The van der Waals surface area contributed by atoms with Gasteiger partial charge in [-0.2, -0.15) is 0 Å². The number of methoxy groups -OCH3 is 1. The van der Waals surface area contributed by atoms with Crippen LogP contribution >= 0.6 is 22.9 Å². The molecule has 0 aliphatic carbocycles. The predicted molar refractivity (Wildman–Crippen MR) is 67.4 cm³/mol. The Morgan fingerprint density at radius 2 is 2.06 bits per heavy atom. The zero-order valence-corrected chi connectivity index (χ0v) is 11.4. The maximum Gasteiger partial charge on any atom is 0.328 e. The van der Waals surface area contributed by atoms with Gasteiger partial charge in [-0.3, -0.25) is 4.79 Å². The highest BCUT2D eigenvalue weighted by molar-refractivity contribution is 7.18. The highest BCUT2D eigenvalue weighted by Gasteiger charge is 2.25. The molecule has 0 radical (unpaired) electrons. The van der Waals surface area contributed by atoms with Gasteiger partial charge in [-0.1, -0.05) is 25.4 Å². The van der Waals surface area contributed by atoms with Crippen LogP contribution in [0.15, 0.2) is 12.1 Å². The highest BCUT2D eigenvalue weighted by Crippen LogP contribution is 2.21. The van der Waals surface area contributed by atoms with Crippen LogP contribution in [0, 0.1) is 5.92 Å². The molecule has 1 rings (SSSR count). The van der Waals surface area contributed by atoms with E-state index in [0.29, 0.717) is 9.21 Å². The molecule has 6 heteroatoms. The molecule has 0 fully saturated rings. The summed E-state index contributed by atoms with van der Waals surface area (Å²) in [6, 6.07) is 2.62. The van der Waals surface area contributed by atoms with Crippen molar-refractivity contribution >= 4 is 34.8 Å². The quantitative estimate of drug-likeness (QED) is 0.858. The number of rotatable bonds is 4. The molecule has 1 amide bonds. The fourth-order valence-corrected chi connectivity index (χ4v) is 2.22. The van der Waals surface area contributed by atoms with Gasteiger partial charge < -0.3 is 10.1 Å². The van der Waals surface area contributed by atoms with Crippen molar-refractivity contribution in [3.05, 3.63) is 21.3 Å². The molecule has 0 aliphatic heterocycles. The predicted octanol–water partition coefficient (Wildman–Crippen LogP) is 2.33. The van der Waals surface area contributed by atoms with Crippen LogP contribution in [0.3, 0.4) is 0 Å². The summed E-state index contributed by atoms with van der Waals surface area (Å²) in [6.45, 7) is 3.67. The van der Waals surface area contributed by atoms with E-state index in [1.165, 1.54) is 18.4 Å². The number of amides is 1. The van der Waals surface area contributed by atoms with Crippen molar-refractivity contribution in [2.45, 2.75) is 19.9 Å². The van der Waals surface area contributed by atoms with Gasteiger partial charge in [-0.05, 0) is 18.1 Å². The van der Waals surface area contributed by atoms with Gasteiger partial charge in [0, 0.05) is 0 Å². The van der Waals surface area contributed by atoms with Crippen molar-refractivity contribution in [2.24, 2.45) is 5.92 Å². The molecular weight excluding hydrogens is 262 g/mol. The molecule has 1 heterocycles. The Bertz CT molecular complexity index is 417. The summed E-state index contributed by atoms with van der Waals surface area (Å²) in [4.78, 5) is 23.8. The van der Waals surface area contributed by atoms with Crippen molar-refractivity contribution in [3.63, 3.8) is 0 Å². The van der Waals surface area contributed by atoms with Gasteiger partial charge in [-0.25, -0.2) is 4.79 Å². The number of halogens is 1. The van der Waals surface area contributed by atoms with E-state index in [2.05, 4.69) is 10.1 Å². The van der Waals surface area contributed by atoms with E-state index in [4.69, 9.17) is 11.6 Å². The average molecular weight is 276 g/mol. The fourth-order valence-electron chi connectivity index (χ4n) is 1.27. The normalized spacial score (nSPS) is 12.3. The second-order valence-corrected chi connectivity index (χ2v) is 5.54. The molecule has 0 saturated heterocycles. The van der Waals surface area contributed by atoms with Crippen molar-refractivity contribution in [1.29, 1.82) is 0 Å². The molecule has 0 saturated carbocycles. The number of hydrogen-bond donors (Lipinski definition) is 1. The van der Waals surface area contributed by atoms with E-state index in [1.54, 1.807) is 12.1 Å². The van der Waals surface area contributed by atoms with E-state index in [9.17, 15) is 9.59 Å². The van der Waals surface area contributed by atoms with E-state index in [1.807, 2.05) is 13.8 Å². The standard InChI is InChI=1S/C11H14ClNO3S/c1-6(2)9(11(15)16-3)13-10(14)7-4-5-8(12)17-7/h4-6,9H,1-3H3,(H,13,14)/t9-/m1/s1. The van der Waals surface area contributed by atoms with Gasteiger partial charge >= 0.3 is 5.97 Å². The van der Waals surface area contributed by atoms with Crippen LogP contribution in [0.25, 0.3) is 0 Å². The molecule has 0 bridgehead atoms. The van der Waals surface area contributed by atoms with E-state index >= 15 is 0 Å².